The van der Waals surface area contributed by atoms with Gasteiger partial charge in [0, 0.05) is 24.6 Å². The Bertz CT molecular complexity index is 483. The molecule has 4 nitrogen and oxygen atoms in total. The molecule has 1 fully saturated rings. The summed E-state index contributed by atoms with van der Waals surface area (Å²) in [4.78, 5) is 27.0. The van der Waals surface area contributed by atoms with Gasteiger partial charge in [0.2, 0.25) is 5.78 Å². The van der Waals surface area contributed by atoms with Gasteiger partial charge in [-0.3, -0.25) is 14.6 Å². The average Bonchev–Trinajstić information content (AvgIpc) is 2.65. The van der Waals surface area contributed by atoms with Gasteiger partial charge in [-0.25, -0.2) is 0 Å². The molecule has 3 rings (SSSR count). The van der Waals surface area contributed by atoms with E-state index in [1.807, 2.05) is 12.1 Å². The summed E-state index contributed by atoms with van der Waals surface area (Å²) in [7, 11) is 0. The van der Waals surface area contributed by atoms with Gasteiger partial charge in [-0.05, 0) is 12.5 Å². The standard InChI is InChI=1S/C12H11NO3/c14-10-3-4-12(6-11(10)15)8-2-1-5-13-9(8)7-16-12/h1-2,5H,3-4,6-7H2. The van der Waals surface area contributed by atoms with Crippen LogP contribution in [0.4, 0.5) is 0 Å². The van der Waals surface area contributed by atoms with Gasteiger partial charge < -0.3 is 4.74 Å². The number of fused-ring (bicyclic) bond motifs is 2. The van der Waals surface area contributed by atoms with E-state index in [1.165, 1.54) is 0 Å². The van der Waals surface area contributed by atoms with E-state index in [1.54, 1.807) is 6.20 Å². The number of ether oxygens (including phenoxy) is 1. The predicted molar refractivity (Wildman–Crippen MR) is 54.6 cm³/mol. The maximum Gasteiger partial charge on any atom is 0.201 e. The number of nitrogens with zero attached hydrogens (tertiary/aromatic N) is 1. The average molecular weight is 217 g/mol. The van der Waals surface area contributed by atoms with Crippen molar-refractivity contribution >= 4 is 11.6 Å². The van der Waals surface area contributed by atoms with Crippen LogP contribution < -0.4 is 0 Å². The molecule has 0 saturated heterocycles. The van der Waals surface area contributed by atoms with Crippen molar-refractivity contribution in [1.82, 2.24) is 4.98 Å². The monoisotopic (exact) mass is 217 g/mol. The minimum absolute atomic E-state index is 0.171. The number of pyridine rings is 1. The second-order valence-electron chi connectivity index (χ2n) is 4.30. The molecule has 1 spiro atoms. The van der Waals surface area contributed by atoms with Gasteiger partial charge in [0.25, 0.3) is 0 Å². The first-order valence-electron chi connectivity index (χ1n) is 5.36. The first kappa shape index (κ1) is 9.66. The molecule has 0 aromatic carbocycles. The highest BCUT2D eigenvalue weighted by Gasteiger charge is 2.46. The van der Waals surface area contributed by atoms with E-state index >= 15 is 0 Å². The highest BCUT2D eigenvalue weighted by molar-refractivity contribution is 6.38. The molecular formula is C12H11NO3. The fraction of sp³-hybridized carbons (Fsp3) is 0.417. The lowest BCUT2D eigenvalue weighted by Gasteiger charge is -2.31. The lowest BCUT2D eigenvalue weighted by atomic mass is 9.79. The Hall–Kier alpha value is -1.55. The number of hydrogen-bond acceptors (Lipinski definition) is 4. The van der Waals surface area contributed by atoms with Crippen LogP contribution in [0.15, 0.2) is 18.3 Å². The van der Waals surface area contributed by atoms with Crippen molar-refractivity contribution in [3.8, 4) is 0 Å². The van der Waals surface area contributed by atoms with Gasteiger partial charge in [0.1, 0.15) is 5.60 Å². The van der Waals surface area contributed by atoms with Gasteiger partial charge in [0.15, 0.2) is 5.78 Å². The van der Waals surface area contributed by atoms with Gasteiger partial charge in [-0.2, -0.15) is 0 Å². The topological polar surface area (TPSA) is 56.3 Å². The minimum atomic E-state index is -0.575. The molecule has 2 aliphatic rings. The van der Waals surface area contributed by atoms with Crippen LogP contribution in [0.2, 0.25) is 0 Å². The Balaban J connectivity index is 2.03. The maximum absolute atomic E-state index is 11.5. The third kappa shape index (κ3) is 1.23. The Morgan fingerprint density at radius 1 is 1.31 bits per heavy atom. The molecule has 1 unspecified atom stereocenters. The SMILES string of the molecule is O=C1CCC2(CC1=O)OCc1ncccc12. The second kappa shape index (κ2) is 3.22. The maximum atomic E-state index is 11.5. The molecule has 82 valence electrons. The van der Waals surface area contributed by atoms with Crippen LogP contribution in [0.1, 0.15) is 30.5 Å². The minimum Gasteiger partial charge on any atom is -0.363 e. The summed E-state index contributed by atoms with van der Waals surface area (Å²) in [5.41, 5.74) is 1.30. The smallest absolute Gasteiger partial charge is 0.201 e. The summed E-state index contributed by atoms with van der Waals surface area (Å²) in [6.07, 6.45) is 2.77. The van der Waals surface area contributed by atoms with Gasteiger partial charge in [-0.1, -0.05) is 6.07 Å². The third-order valence-corrected chi connectivity index (χ3v) is 3.38. The molecular weight excluding hydrogens is 206 g/mol. The van der Waals surface area contributed by atoms with E-state index in [9.17, 15) is 9.59 Å². The lowest BCUT2D eigenvalue weighted by Crippen LogP contribution is -2.37. The molecule has 2 heterocycles. The summed E-state index contributed by atoms with van der Waals surface area (Å²) in [6, 6.07) is 3.79. The van der Waals surface area contributed by atoms with Gasteiger partial charge >= 0.3 is 0 Å². The lowest BCUT2D eigenvalue weighted by molar-refractivity contribution is -0.148. The quantitative estimate of drug-likeness (QED) is 0.611. The molecule has 1 aromatic heterocycles. The fourth-order valence-electron chi connectivity index (χ4n) is 2.51. The Labute approximate surface area is 92.6 Å². The van der Waals surface area contributed by atoms with Crippen LogP contribution in [0.5, 0.6) is 0 Å². The first-order chi connectivity index (χ1) is 7.71. The van der Waals surface area contributed by atoms with Gasteiger partial charge in [-0.15, -0.1) is 0 Å². The molecule has 1 aliphatic heterocycles. The van der Waals surface area contributed by atoms with Crippen molar-refractivity contribution < 1.29 is 14.3 Å². The van der Waals surface area contributed by atoms with E-state index in [4.69, 9.17) is 4.74 Å². The Morgan fingerprint density at radius 3 is 3.00 bits per heavy atom. The second-order valence-corrected chi connectivity index (χ2v) is 4.30. The Morgan fingerprint density at radius 2 is 2.19 bits per heavy atom. The number of Topliss-reactive ketones (excluding diaryl/α,β-unsaturated/α-hetero) is 2. The van der Waals surface area contributed by atoms with Crippen molar-refractivity contribution in [3.63, 3.8) is 0 Å². The summed E-state index contributed by atoms with van der Waals surface area (Å²) in [5.74, 6) is -0.588. The molecule has 1 aromatic rings. The van der Waals surface area contributed by atoms with Crippen molar-refractivity contribution in [1.29, 1.82) is 0 Å². The van der Waals surface area contributed by atoms with E-state index in [-0.39, 0.29) is 24.4 Å². The number of carbonyl (C=O) groups is 2. The molecule has 4 heteroatoms. The van der Waals surface area contributed by atoms with E-state index in [0.29, 0.717) is 13.0 Å². The van der Waals surface area contributed by atoms with E-state index in [0.717, 1.165) is 11.3 Å². The zero-order valence-electron chi connectivity index (χ0n) is 8.73. The molecule has 1 atom stereocenters. The summed E-state index contributed by atoms with van der Waals surface area (Å²) >= 11 is 0. The van der Waals surface area contributed by atoms with Crippen LogP contribution in [0.3, 0.4) is 0 Å². The summed E-state index contributed by atoms with van der Waals surface area (Å²) in [6.45, 7) is 0.442. The van der Waals surface area contributed by atoms with Gasteiger partial charge in [0.05, 0.1) is 12.3 Å². The highest BCUT2D eigenvalue weighted by atomic mass is 16.5. The fourth-order valence-corrected chi connectivity index (χ4v) is 2.51. The van der Waals surface area contributed by atoms with E-state index < -0.39 is 5.60 Å². The van der Waals surface area contributed by atoms with Crippen LogP contribution in [0, 0.1) is 0 Å². The molecule has 16 heavy (non-hydrogen) atoms. The Kier molecular flexibility index (Phi) is 1.94. The number of hydrogen-bond donors (Lipinski definition) is 0. The number of rotatable bonds is 0. The van der Waals surface area contributed by atoms with Crippen LogP contribution in [0.25, 0.3) is 0 Å². The van der Waals surface area contributed by atoms with Crippen LogP contribution >= 0.6 is 0 Å². The van der Waals surface area contributed by atoms with Crippen molar-refractivity contribution in [2.24, 2.45) is 0 Å². The van der Waals surface area contributed by atoms with Crippen molar-refractivity contribution in [2.75, 3.05) is 0 Å². The van der Waals surface area contributed by atoms with Crippen LogP contribution in [-0.2, 0) is 26.5 Å². The normalized spacial score (nSPS) is 28.5. The first-order valence-corrected chi connectivity index (χ1v) is 5.36. The summed E-state index contributed by atoms with van der Waals surface area (Å²) in [5, 5.41) is 0. The molecule has 1 saturated carbocycles. The molecule has 0 bridgehead atoms. The zero-order chi connectivity index (χ0) is 11.2. The summed E-state index contributed by atoms with van der Waals surface area (Å²) < 4.78 is 5.74. The van der Waals surface area contributed by atoms with Crippen LogP contribution in [-0.4, -0.2) is 16.6 Å². The van der Waals surface area contributed by atoms with Crippen molar-refractivity contribution in [3.05, 3.63) is 29.6 Å². The molecule has 1 aliphatic carbocycles. The highest BCUT2D eigenvalue weighted by Crippen LogP contribution is 2.44. The van der Waals surface area contributed by atoms with Crippen molar-refractivity contribution in [2.45, 2.75) is 31.5 Å². The largest absolute Gasteiger partial charge is 0.363 e. The zero-order valence-corrected chi connectivity index (χ0v) is 8.73. The van der Waals surface area contributed by atoms with E-state index in [2.05, 4.69) is 4.98 Å². The third-order valence-electron chi connectivity index (χ3n) is 3.38. The number of aromatic nitrogens is 1. The molecule has 0 N–H and O–H groups in total. The molecule has 0 amide bonds. The number of ketones is 2. The molecule has 0 radical (unpaired) electrons. The number of carbonyl (C=O) groups excluding carboxylic acids is 2. The predicted octanol–water partition coefficient (Wildman–Crippen LogP) is 1.13.